The van der Waals surface area contributed by atoms with Crippen LogP contribution in [0, 0.1) is 5.82 Å². The van der Waals surface area contributed by atoms with E-state index in [1.807, 2.05) is 23.1 Å². The van der Waals surface area contributed by atoms with Gasteiger partial charge in [0, 0.05) is 17.4 Å². The molecule has 108 valence electrons. The lowest BCUT2D eigenvalue weighted by Crippen LogP contribution is -2.39. The highest BCUT2D eigenvalue weighted by Gasteiger charge is 2.29. The van der Waals surface area contributed by atoms with Crippen LogP contribution in [0.2, 0.25) is 0 Å². The molecule has 3 rings (SSSR count). The summed E-state index contributed by atoms with van der Waals surface area (Å²) in [5, 5.41) is 3.04. The van der Waals surface area contributed by atoms with Crippen LogP contribution in [-0.2, 0) is 11.2 Å². The Labute approximate surface area is 123 Å². The molecule has 1 aliphatic rings. The molecule has 0 unspecified atom stereocenters. The first-order chi connectivity index (χ1) is 10.1. The second-order valence-electron chi connectivity index (χ2n) is 5.31. The maximum Gasteiger partial charge on any atom is 0.246 e. The van der Waals surface area contributed by atoms with Gasteiger partial charge in [0.2, 0.25) is 5.91 Å². The van der Waals surface area contributed by atoms with E-state index < -0.39 is 0 Å². The Bertz CT molecular complexity index is 654. The molecule has 2 aromatic carbocycles. The SMILES string of the molecule is C[C@H]1Cc2ccccc2N1C(=O)CNc1ccc(F)cc1. The van der Waals surface area contributed by atoms with E-state index in [4.69, 9.17) is 0 Å². The molecule has 0 aromatic heterocycles. The van der Waals surface area contributed by atoms with E-state index in [1.54, 1.807) is 12.1 Å². The van der Waals surface area contributed by atoms with E-state index in [0.717, 1.165) is 17.8 Å². The van der Waals surface area contributed by atoms with E-state index in [0.29, 0.717) is 0 Å². The minimum absolute atomic E-state index is 0.0248. The smallest absolute Gasteiger partial charge is 0.246 e. The van der Waals surface area contributed by atoms with Gasteiger partial charge < -0.3 is 10.2 Å². The van der Waals surface area contributed by atoms with E-state index in [2.05, 4.69) is 18.3 Å². The number of anilines is 2. The third-order valence-electron chi connectivity index (χ3n) is 3.76. The number of halogens is 1. The largest absolute Gasteiger partial charge is 0.376 e. The number of benzene rings is 2. The van der Waals surface area contributed by atoms with Gasteiger partial charge in [-0.3, -0.25) is 4.79 Å². The minimum Gasteiger partial charge on any atom is -0.376 e. The molecule has 0 saturated heterocycles. The number of carbonyl (C=O) groups is 1. The normalized spacial score (nSPS) is 16.7. The fraction of sp³-hybridized carbons (Fsp3) is 0.235. The number of hydrogen-bond donors (Lipinski definition) is 1. The lowest BCUT2D eigenvalue weighted by Gasteiger charge is -2.23. The summed E-state index contributed by atoms with van der Waals surface area (Å²) in [7, 11) is 0. The Morgan fingerprint density at radius 1 is 1.24 bits per heavy atom. The Morgan fingerprint density at radius 2 is 1.95 bits per heavy atom. The summed E-state index contributed by atoms with van der Waals surface area (Å²) in [6, 6.07) is 14.2. The maximum absolute atomic E-state index is 12.8. The lowest BCUT2D eigenvalue weighted by molar-refractivity contribution is -0.117. The quantitative estimate of drug-likeness (QED) is 0.938. The molecule has 0 fully saturated rings. The van der Waals surface area contributed by atoms with Crippen molar-refractivity contribution in [2.45, 2.75) is 19.4 Å². The summed E-state index contributed by atoms with van der Waals surface area (Å²) in [6.07, 6.45) is 0.887. The van der Waals surface area contributed by atoms with Gasteiger partial charge in [-0.15, -0.1) is 0 Å². The van der Waals surface area contributed by atoms with Crippen LogP contribution >= 0.6 is 0 Å². The number of nitrogens with zero attached hydrogens (tertiary/aromatic N) is 1. The summed E-state index contributed by atoms with van der Waals surface area (Å²) in [6.45, 7) is 2.25. The van der Waals surface area contributed by atoms with Crippen LogP contribution in [0.3, 0.4) is 0 Å². The molecular formula is C17H17FN2O. The van der Waals surface area contributed by atoms with Crippen molar-refractivity contribution in [2.24, 2.45) is 0 Å². The molecule has 1 atom stereocenters. The van der Waals surface area contributed by atoms with Gasteiger partial charge in [-0.2, -0.15) is 0 Å². The number of para-hydroxylation sites is 1. The molecule has 1 N–H and O–H groups in total. The predicted molar refractivity (Wildman–Crippen MR) is 82.0 cm³/mol. The van der Waals surface area contributed by atoms with Crippen molar-refractivity contribution in [1.29, 1.82) is 0 Å². The first-order valence-corrected chi connectivity index (χ1v) is 7.04. The highest BCUT2D eigenvalue weighted by molar-refractivity contribution is 5.98. The third-order valence-corrected chi connectivity index (χ3v) is 3.76. The standard InChI is InChI=1S/C17H17FN2O/c1-12-10-13-4-2-3-5-16(13)20(12)17(21)11-19-15-8-6-14(18)7-9-15/h2-9,12,19H,10-11H2,1H3/t12-/m0/s1. The van der Waals surface area contributed by atoms with Crippen molar-refractivity contribution in [2.75, 3.05) is 16.8 Å². The van der Waals surface area contributed by atoms with Crippen LogP contribution in [0.15, 0.2) is 48.5 Å². The second-order valence-corrected chi connectivity index (χ2v) is 5.31. The average molecular weight is 284 g/mol. The van der Waals surface area contributed by atoms with Crippen LogP contribution in [0.25, 0.3) is 0 Å². The Morgan fingerprint density at radius 3 is 2.71 bits per heavy atom. The van der Waals surface area contributed by atoms with Gasteiger partial charge in [0.15, 0.2) is 0 Å². The molecule has 3 nitrogen and oxygen atoms in total. The zero-order valence-electron chi connectivity index (χ0n) is 11.8. The molecule has 0 spiro atoms. The fourth-order valence-electron chi connectivity index (χ4n) is 2.78. The molecule has 4 heteroatoms. The molecule has 0 bridgehead atoms. The molecule has 2 aromatic rings. The number of nitrogens with one attached hydrogen (secondary N) is 1. The summed E-state index contributed by atoms with van der Waals surface area (Å²) >= 11 is 0. The molecule has 1 aliphatic heterocycles. The molecule has 0 aliphatic carbocycles. The summed E-state index contributed by atoms with van der Waals surface area (Å²) < 4.78 is 12.8. The zero-order chi connectivity index (χ0) is 14.8. The number of amides is 1. The van der Waals surface area contributed by atoms with E-state index in [-0.39, 0.29) is 24.3 Å². The van der Waals surface area contributed by atoms with E-state index in [1.165, 1.54) is 17.7 Å². The van der Waals surface area contributed by atoms with Crippen molar-refractivity contribution in [1.82, 2.24) is 0 Å². The maximum atomic E-state index is 12.8. The van der Waals surface area contributed by atoms with Gasteiger partial charge in [-0.25, -0.2) is 4.39 Å². The number of rotatable bonds is 3. The van der Waals surface area contributed by atoms with Gasteiger partial charge >= 0.3 is 0 Å². The predicted octanol–water partition coefficient (Wildman–Crippen LogP) is 3.22. The number of carbonyl (C=O) groups excluding carboxylic acids is 1. The molecule has 1 heterocycles. The van der Waals surface area contributed by atoms with Gasteiger partial charge in [-0.1, -0.05) is 18.2 Å². The zero-order valence-corrected chi connectivity index (χ0v) is 11.8. The van der Waals surface area contributed by atoms with Crippen molar-refractivity contribution in [3.8, 4) is 0 Å². The second kappa shape index (κ2) is 5.56. The summed E-state index contributed by atoms with van der Waals surface area (Å²) in [5.74, 6) is -0.259. The highest BCUT2D eigenvalue weighted by atomic mass is 19.1. The van der Waals surface area contributed by atoms with E-state index >= 15 is 0 Å². The fourth-order valence-corrected chi connectivity index (χ4v) is 2.78. The minimum atomic E-state index is -0.283. The lowest BCUT2D eigenvalue weighted by atomic mass is 10.1. The number of fused-ring (bicyclic) bond motifs is 1. The van der Waals surface area contributed by atoms with Crippen molar-refractivity contribution >= 4 is 17.3 Å². The van der Waals surface area contributed by atoms with Gasteiger partial charge in [0.1, 0.15) is 5.82 Å². The van der Waals surface area contributed by atoms with Crippen LogP contribution in [0.1, 0.15) is 12.5 Å². The Balaban J connectivity index is 1.70. The van der Waals surface area contributed by atoms with Crippen molar-refractivity contribution in [3.05, 3.63) is 59.9 Å². The van der Waals surface area contributed by atoms with Crippen molar-refractivity contribution < 1.29 is 9.18 Å². The molecule has 0 saturated carbocycles. The Hall–Kier alpha value is -2.36. The first-order valence-electron chi connectivity index (χ1n) is 7.04. The average Bonchev–Trinajstić information content (AvgIpc) is 2.82. The summed E-state index contributed by atoms with van der Waals surface area (Å²) in [5.41, 5.74) is 2.95. The van der Waals surface area contributed by atoms with Crippen LogP contribution in [0.4, 0.5) is 15.8 Å². The molecule has 0 radical (unpaired) electrons. The van der Waals surface area contributed by atoms with Crippen molar-refractivity contribution in [3.63, 3.8) is 0 Å². The third kappa shape index (κ3) is 2.75. The first kappa shape index (κ1) is 13.6. The molecule has 1 amide bonds. The topological polar surface area (TPSA) is 32.3 Å². The van der Waals surface area contributed by atoms with Gasteiger partial charge in [-0.05, 0) is 49.2 Å². The van der Waals surface area contributed by atoms with Gasteiger partial charge in [0.25, 0.3) is 0 Å². The molecular weight excluding hydrogens is 267 g/mol. The summed E-state index contributed by atoms with van der Waals surface area (Å²) in [4.78, 5) is 14.3. The van der Waals surface area contributed by atoms with E-state index in [9.17, 15) is 9.18 Å². The monoisotopic (exact) mass is 284 g/mol. The number of hydrogen-bond acceptors (Lipinski definition) is 2. The van der Waals surface area contributed by atoms with Crippen LogP contribution in [0.5, 0.6) is 0 Å². The van der Waals surface area contributed by atoms with Gasteiger partial charge in [0.05, 0.1) is 6.54 Å². The Kier molecular flexibility index (Phi) is 3.60. The van der Waals surface area contributed by atoms with Crippen LogP contribution in [-0.4, -0.2) is 18.5 Å². The molecule has 21 heavy (non-hydrogen) atoms. The highest BCUT2D eigenvalue weighted by Crippen LogP contribution is 2.31. The van der Waals surface area contributed by atoms with Crippen LogP contribution < -0.4 is 10.2 Å².